The van der Waals surface area contributed by atoms with E-state index in [1.165, 1.54) is 6.07 Å². The van der Waals surface area contributed by atoms with E-state index < -0.39 is 0 Å². The molecular weight excluding hydrogens is 308 g/mol. The summed E-state index contributed by atoms with van der Waals surface area (Å²) in [6.07, 6.45) is 0. The molecule has 0 aliphatic rings. The second-order valence-corrected chi connectivity index (χ2v) is 5.92. The number of hydrogen-bond acceptors (Lipinski definition) is 1. The van der Waals surface area contributed by atoms with Crippen LogP contribution < -0.4 is 5.32 Å². The van der Waals surface area contributed by atoms with Crippen molar-refractivity contribution in [3.05, 3.63) is 68.4 Å². The van der Waals surface area contributed by atoms with E-state index in [9.17, 15) is 4.39 Å². The molecule has 2 aromatic rings. The molecule has 1 N–H and O–H groups in total. The van der Waals surface area contributed by atoms with Crippen LogP contribution in [0.15, 0.2) is 30.3 Å². The molecule has 0 spiro atoms. The van der Waals surface area contributed by atoms with Crippen molar-refractivity contribution in [2.75, 3.05) is 6.54 Å². The van der Waals surface area contributed by atoms with Crippen molar-refractivity contribution >= 4 is 23.2 Å². The smallest absolute Gasteiger partial charge is 0.128 e. The quantitative estimate of drug-likeness (QED) is 0.788. The molecule has 21 heavy (non-hydrogen) atoms. The van der Waals surface area contributed by atoms with Crippen LogP contribution in [-0.2, 0) is 0 Å². The zero-order chi connectivity index (χ0) is 15.6. The molecule has 0 fully saturated rings. The summed E-state index contributed by atoms with van der Waals surface area (Å²) in [5.74, 6) is -0.241. The fourth-order valence-corrected chi connectivity index (χ4v) is 3.25. The molecule has 0 aliphatic heterocycles. The molecule has 0 heterocycles. The van der Waals surface area contributed by atoms with Gasteiger partial charge < -0.3 is 5.32 Å². The number of nitrogens with one attached hydrogen (secondary N) is 1. The summed E-state index contributed by atoms with van der Waals surface area (Å²) < 4.78 is 14.5. The van der Waals surface area contributed by atoms with Crippen molar-refractivity contribution in [3.8, 4) is 0 Å². The molecule has 4 heteroatoms. The van der Waals surface area contributed by atoms with Crippen molar-refractivity contribution in [1.82, 2.24) is 5.32 Å². The highest BCUT2D eigenvalue weighted by Gasteiger charge is 2.24. The first-order chi connectivity index (χ1) is 9.95. The largest absolute Gasteiger partial charge is 0.306 e. The fraction of sp³-hybridized carbons (Fsp3) is 0.294. The summed E-state index contributed by atoms with van der Waals surface area (Å²) in [4.78, 5) is 0. The van der Waals surface area contributed by atoms with Gasteiger partial charge in [-0.2, -0.15) is 0 Å². The predicted molar refractivity (Wildman–Crippen MR) is 87.9 cm³/mol. The van der Waals surface area contributed by atoms with Crippen LogP contribution in [0, 0.1) is 19.7 Å². The Morgan fingerprint density at radius 1 is 1.10 bits per heavy atom. The van der Waals surface area contributed by atoms with E-state index in [-0.39, 0.29) is 11.9 Å². The standard InChI is InChI=1S/C17H18Cl2FN/c1-4-21-17(16-12(18)6-5-7-13(16)19)15-11(3)8-10(2)9-14(15)20/h5-9,17,21H,4H2,1-3H3. The topological polar surface area (TPSA) is 12.0 Å². The summed E-state index contributed by atoms with van der Waals surface area (Å²) in [5.41, 5.74) is 3.09. The van der Waals surface area contributed by atoms with Crippen LogP contribution in [0.2, 0.25) is 10.0 Å². The van der Waals surface area contributed by atoms with Gasteiger partial charge in [0.05, 0.1) is 6.04 Å². The van der Waals surface area contributed by atoms with Crippen molar-refractivity contribution in [2.45, 2.75) is 26.8 Å². The van der Waals surface area contributed by atoms with Crippen molar-refractivity contribution in [3.63, 3.8) is 0 Å². The zero-order valence-electron chi connectivity index (χ0n) is 12.3. The van der Waals surface area contributed by atoms with Crippen molar-refractivity contribution in [2.24, 2.45) is 0 Å². The van der Waals surface area contributed by atoms with Crippen LogP contribution in [0.1, 0.15) is 35.2 Å². The fourth-order valence-electron chi connectivity index (χ4n) is 2.63. The molecule has 0 bridgehead atoms. The van der Waals surface area contributed by atoms with Gasteiger partial charge in [-0.05, 0) is 49.7 Å². The molecule has 1 unspecified atom stereocenters. The molecule has 0 amide bonds. The van der Waals surface area contributed by atoms with Crippen molar-refractivity contribution < 1.29 is 4.39 Å². The third-order valence-electron chi connectivity index (χ3n) is 3.47. The molecule has 2 aromatic carbocycles. The number of halogens is 3. The minimum atomic E-state index is -0.364. The van der Waals surface area contributed by atoms with Gasteiger partial charge in [-0.25, -0.2) is 4.39 Å². The SMILES string of the molecule is CCNC(c1c(C)cc(C)cc1F)c1c(Cl)cccc1Cl. The summed E-state index contributed by atoms with van der Waals surface area (Å²) >= 11 is 12.6. The third-order valence-corrected chi connectivity index (χ3v) is 4.13. The second kappa shape index (κ2) is 6.78. The molecule has 0 aliphatic carbocycles. The lowest BCUT2D eigenvalue weighted by atomic mass is 9.93. The lowest BCUT2D eigenvalue weighted by Crippen LogP contribution is -2.24. The van der Waals surface area contributed by atoms with E-state index in [1.54, 1.807) is 18.2 Å². The Morgan fingerprint density at radius 3 is 2.24 bits per heavy atom. The first kappa shape index (κ1) is 16.3. The lowest BCUT2D eigenvalue weighted by Gasteiger charge is -2.24. The first-order valence-electron chi connectivity index (χ1n) is 6.89. The molecule has 0 radical (unpaired) electrons. The van der Waals surface area contributed by atoms with Gasteiger partial charge in [0.15, 0.2) is 0 Å². The molecule has 1 nitrogen and oxygen atoms in total. The third kappa shape index (κ3) is 3.39. The van der Waals surface area contributed by atoms with Crippen molar-refractivity contribution in [1.29, 1.82) is 0 Å². The number of aryl methyl sites for hydroxylation is 2. The van der Waals surface area contributed by atoms with Crippen LogP contribution in [0.4, 0.5) is 4.39 Å². The molecule has 112 valence electrons. The summed E-state index contributed by atoms with van der Waals surface area (Å²) in [6, 6.07) is 8.47. The molecule has 1 atom stereocenters. The van der Waals surface area contributed by atoms with Gasteiger partial charge in [0, 0.05) is 21.2 Å². The highest BCUT2D eigenvalue weighted by Crippen LogP contribution is 2.36. The number of rotatable bonds is 4. The van der Waals surface area contributed by atoms with Crippen LogP contribution in [-0.4, -0.2) is 6.54 Å². The monoisotopic (exact) mass is 325 g/mol. The summed E-state index contributed by atoms with van der Waals surface area (Å²) in [7, 11) is 0. The van der Waals surface area contributed by atoms with E-state index in [0.717, 1.165) is 11.1 Å². The van der Waals surface area contributed by atoms with Gasteiger partial charge in [-0.3, -0.25) is 0 Å². The maximum Gasteiger partial charge on any atom is 0.128 e. The predicted octanol–water partition coefficient (Wildman–Crippen LogP) is 5.45. The van der Waals surface area contributed by atoms with Crippen LogP contribution in [0.3, 0.4) is 0 Å². The van der Waals surface area contributed by atoms with E-state index in [1.807, 2.05) is 26.8 Å². The normalized spacial score (nSPS) is 12.5. The number of benzene rings is 2. The van der Waals surface area contributed by atoms with Crippen LogP contribution in [0.25, 0.3) is 0 Å². The maximum absolute atomic E-state index is 14.5. The Bertz CT molecular complexity index is 612. The second-order valence-electron chi connectivity index (χ2n) is 5.10. The van der Waals surface area contributed by atoms with Gasteiger partial charge in [-0.1, -0.05) is 42.3 Å². The highest BCUT2D eigenvalue weighted by molar-refractivity contribution is 6.36. The van der Waals surface area contributed by atoms with E-state index in [4.69, 9.17) is 23.2 Å². The average Bonchev–Trinajstić information content (AvgIpc) is 2.37. The minimum absolute atomic E-state index is 0.241. The first-order valence-corrected chi connectivity index (χ1v) is 7.65. The van der Waals surface area contributed by atoms with Gasteiger partial charge in [0.1, 0.15) is 5.82 Å². The molecule has 0 saturated heterocycles. The molecular formula is C17H18Cl2FN. The maximum atomic E-state index is 14.5. The average molecular weight is 326 g/mol. The Kier molecular flexibility index (Phi) is 5.26. The molecule has 2 rings (SSSR count). The van der Waals surface area contributed by atoms with Gasteiger partial charge >= 0.3 is 0 Å². The Morgan fingerprint density at radius 2 is 1.71 bits per heavy atom. The Labute approximate surface area is 135 Å². The zero-order valence-corrected chi connectivity index (χ0v) is 13.8. The Hall–Kier alpha value is -1.09. The highest BCUT2D eigenvalue weighted by atomic mass is 35.5. The lowest BCUT2D eigenvalue weighted by molar-refractivity contribution is 0.555. The molecule has 0 saturated carbocycles. The molecule has 0 aromatic heterocycles. The van der Waals surface area contributed by atoms with Crippen LogP contribution >= 0.6 is 23.2 Å². The van der Waals surface area contributed by atoms with E-state index >= 15 is 0 Å². The minimum Gasteiger partial charge on any atom is -0.306 e. The van der Waals surface area contributed by atoms with E-state index in [2.05, 4.69) is 5.32 Å². The van der Waals surface area contributed by atoms with Gasteiger partial charge in [-0.15, -0.1) is 0 Å². The van der Waals surface area contributed by atoms with Crippen LogP contribution in [0.5, 0.6) is 0 Å². The summed E-state index contributed by atoms with van der Waals surface area (Å²) in [6.45, 7) is 6.43. The number of hydrogen-bond donors (Lipinski definition) is 1. The van der Waals surface area contributed by atoms with Gasteiger partial charge in [0.2, 0.25) is 0 Å². The van der Waals surface area contributed by atoms with E-state index in [0.29, 0.717) is 27.7 Å². The van der Waals surface area contributed by atoms with Gasteiger partial charge in [0.25, 0.3) is 0 Å². The summed E-state index contributed by atoms with van der Waals surface area (Å²) in [5, 5.41) is 4.36. The Balaban J connectivity index is 2.65.